The quantitative estimate of drug-likeness (QED) is 0.513. The van der Waals surface area contributed by atoms with Gasteiger partial charge in [0.25, 0.3) is 0 Å². The Bertz CT molecular complexity index is 833. The topological polar surface area (TPSA) is 66.8 Å². The second-order valence-electron chi connectivity index (χ2n) is 7.97. The molecule has 5 heteroatoms. The summed E-state index contributed by atoms with van der Waals surface area (Å²) in [4.78, 5) is 25.6. The number of fused-ring (bicyclic) bond motifs is 3. The van der Waals surface area contributed by atoms with Crippen molar-refractivity contribution in [1.29, 1.82) is 0 Å². The number of carbonyl (C=O) groups is 2. The van der Waals surface area contributed by atoms with Crippen LogP contribution in [0.5, 0.6) is 0 Å². The van der Waals surface area contributed by atoms with E-state index in [-0.39, 0.29) is 12.5 Å². The summed E-state index contributed by atoms with van der Waals surface area (Å²) in [6, 6.07) is 15.4. The number of amides is 1. The van der Waals surface area contributed by atoms with E-state index in [1.54, 1.807) is 0 Å². The summed E-state index contributed by atoms with van der Waals surface area (Å²) in [6.07, 6.45) is 5.02. The van der Waals surface area contributed by atoms with Crippen LogP contribution < -0.4 is 0 Å². The molecule has 0 unspecified atom stereocenters. The molecule has 1 aliphatic carbocycles. The van der Waals surface area contributed by atoms with Gasteiger partial charge < -0.3 is 9.84 Å². The summed E-state index contributed by atoms with van der Waals surface area (Å²) in [7, 11) is 1.52. The Labute approximate surface area is 178 Å². The van der Waals surface area contributed by atoms with Gasteiger partial charge in [-0.1, -0.05) is 87.6 Å². The van der Waals surface area contributed by atoms with Crippen molar-refractivity contribution in [2.45, 2.75) is 57.4 Å². The number of rotatable bonds is 10. The molecule has 0 fully saturated rings. The summed E-state index contributed by atoms with van der Waals surface area (Å²) < 4.78 is 5.60. The fourth-order valence-electron chi connectivity index (χ4n) is 4.25. The normalized spacial score (nSPS) is 13.4. The number of nitrogens with zero attached hydrogens (tertiary/aromatic N) is 1. The molecule has 1 atom stereocenters. The second-order valence-corrected chi connectivity index (χ2v) is 7.97. The Hall–Kier alpha value is -2.82. The highest BCUT2D eigenvalue weighted by molar-refractivity contribution is 5.81. The highest BCUT2D eigenvalue weighted by Gasteiger charge is 2.31. The molecule has 3 rings (SSSR count). The van der Waals surface area contributed by atoms with Gasteiger partial charge in [0.15, 0.2) is 0 Å². The predicted octanol–water partition coefficient (Wildman–Crippen LogP) is 5.68. The molecule has 0 aromatic heterocycles. The molecule has 160 valence electrons. The van der Waals surface area contributed by atoms with Gasteiger partial charge in [0.05, 0.1) is 0 Å². The molecule has 2 aromatic rings. The van der Waals surface area contributed by atoms with Crippen molar-refractivity contribution in [3.8, 4) is 11.1 Å². The van der Waals surface area contributed by atoms with Crippen LogP contribution in [-0.4, -0.2) is 41.8 Å². The van der Waals surface area contributed by atoms with Gasteiger partial charge in [-0.15, -0.1) is 0 Å². The van der Waals surface area contributed by atoms with Crippen molar-refractivity contribution < 1.29 is 19.4 Å². The number of likely N-dealkylation sites (N-methyl/N-ethyl adjacent to an activating group) is 1. The molecule has 1 aliphatic rings. The van der Waals surface area contributed by atoms with Crippen molar-refractivity contribution in [3.63, 3.8) is 0 Å². The van der Waals surface area contributed by atoms with Crippen LogP contribution in [0.25, 0.3) is 11.1 Å². The highest BCUT2D eigenvalue weighted by Crippen LogP contribution is 2.44. The monoisotopic (exact) mass is 409 g/mol. The summed E-state index contributed by atoms with van der Waals surface area (Å²) in [5, 5.41) is 9.59. The van der Waals surface area contributed by atoms with Gasteiger partial charge in [0.1, 0.15) is 12.6 Å². The van der Waals surface area contributed by atoms with Crippen LogP contribution in [0.15, 0.2) is 48.5 Å². The largest absolute Gasteiger partial charge is 0.480 e. The lowest BCUT2D eigenvalue weighted by atomic mass is 9.98. The lowest BCUT2D eigenvalue weighted by Crippen LogP contribution is -2.43. The number of benzene rings is 2. The van der Waals surface area contributed by atoms with Crippen molar-refractivity contribution in [2.24, 2.45) is 0 Å². The van der Waals surface area contributed by atoms with Gasteiger partial charge in [-0.2, -0.15) is 0 Å². The van der Waals surface area contributed by atoms with Gasteiger partial charge in [0, 0.05) is 13.0 Å². The fourth-order valence-corrected chi connectivity index (χ4v) is 4.25. The Morgan fingerprint density at radius 2 is 1.53 bits per heavy atom. The molecule has 0 aliphatic heterocycles. The lowest BCUT2D eigenvalue weighted by Gasteiger charge is -2.25. The third-order valence-corrected chi connectivity index (χ3v) is 5.96. The number of carboxylic acids is 1. The lowest BCUT2D eigenvalue weighted by molar-refractivity contribution is -0.142. The highest BCUT2D eigenvalue weighted by atomic mass is 16.6. The zero-order valence-corrected chi connectivity index (χ0v) is 17.8. The van der Waals surface area contributed by atoms with Gasteiger partial charge in [0.2, 0.25) is 0 Å². The molecular weight excluding hydrogens is 378 g/mol. The molecule has 0 saturated heterocycles. The van der Waals surface area contributed by atoms with E-state index >= 15 is 0 Å². The molecule has 0 heterocycles. The predicted molar refractivity (Wildman–Crippen MR) is 118 cm³/mol. The van der Waals surface area contributed by atoms with Crippen LogP contribution in [0.4, 0.5) is 4.79 Å². The van der Waals surface area contributed by atoms with Crippen LogP contribution >= 0.6 is 0 Å². The minimum Gasteiger partial charge on any atom is -0.480 e. The van der Waals surface area contributed by atoms with E-state index in [9.17, 15) is 14.7 Å². The maximum absolute atomic E-state index is 12.6. The molecule has 2 aromatic carbocycles. The first kappa shape index (κ1) is 21.9. The molecule has 1 amide bonds. The van der Waals surface area contributed by atoms with E-state index in [0.717, 1.165) is 54.4 Å². The van der Waals surface area contributed by atoms with Gasteiger partial charge in [-0.05, 0) is 28.7 Å². The smallest absolute Gasteiger partial charge is 0.410 e. The molecule has 0 bridgehead atoms. The summed E-state index contributed by atoms with van der Waals surface area (Å²) in [5.41, 5.74) is 4.61. The van der Waals surface area contributed by atoms with E-state index in [0.29, 0.717) is 6.42 Å². The first-order chi connectivity index (χ1) is 14.5. The van der Waals surface area contributed by atoms with Crippen LogP contribution in [0.1, 0.15) is 62.5 Å². The number of carbonyl (C=O) groups excluding carboxylic acids is 1. The summed E-state index contributed by atoms with van der Waals surface area (Å²) in [5.74, 6) is -1.02. The van der Waals surface area contributed by atoms with E-state index in [1.165, 1.54) is 11.9 Å². The van der Waals surface area contributed by atoms with Crippen LogP contribution in [0.2, 0.25) is 0 Å². The van der Waals surface area contributed by atoms with Crippen molar-refractivity contribution in [1.82, 2.24) is 4.90 Å². The van der Waals surface area contributed by atoms with Crippen molar-refractivity contribution in [2.75, 3.05) is 13.7 Å². The second kappa shape index (κ2) is 10.3. The molecule has 30 heavy (non-hydrogen) atoms. The first-order valence-corrected chi connectivity index (χ1v) is 10.8. The number of carboxylic acid groups (broad SMARTS) is 1. The van der Waals surface area contributed by atoms with Gasteiger partial charge in [-0.3, -0.25) is 4.90 Å². The first-order valence-electron chi connectivity index (χ1n) is 10.8. The van der Waals surface area contributed by atoms with Crippen LogP contribution in [-0.2, 0) is 9.53 Å². The number of ether oxygens (including phenoxy) is 1. The molecule has 0 saturated carbocycles. The van der Waals surface area contributed by atoms with Crippen molar-refractivity contribution >= 4 is 12.1 Å². The average molecular weight is 410 g/mol. The van der Waals surface area contributed by atoms with E-state index in [2.05, 4.69) is 31.2 Å². The van der Waals surface area contributed by atoms with Crippen LogP contribution in [0, 0.1) is 0 Å². The molecule has 0 radical (unpaired) electrons. The Morgan fingerprint density at radius 3 is 2.10 bits per heavy atom. The Balaban J connectivity index is 1.62. The maximum Gasteiger partial charge on any atom is 0.410 e. The van der Waals surface area contributed by atoms with E-state index in [4.69, 9.17) is 4.74 Å². The minimum absolute atomic E-state index is 0.0351. The number of hydrogen-bond donors (Lipinski definition) is 1. The average Bonchev–Trinajstić information content (AvgIpc) is 3.07. The molecule has 1 N–H and O–H groups in total. The SMILES string of the molecule is CCCCCCC[C@H](C(=O)O)N(C)C(=O)OCC1c2ccccc2-c2ccccc21. The molecule has 0 spiro atoms. The van der Waals surface area contributed by atoms with E-state index in [1.807, 2.05) is 24.3 Å². The standard InChI is InChI=1S/C25H31NO4/c1-3-4-5-6-7-16-23(24(27)28)26(2)25(29)30-17-22-20-14-10-8-12-18(20)19-13-9-11-15-21(19)22/h8-15,22-23H,3-7,16-17H2,1-2H3,(H,27,28)/t23-/m1/s1. The number of hydrogen-bond acceptors (Lipinski definition) is 3. The van der Waals surface area contributed by atoms with E-state index < -0.39 is 18.1 Å². The minimum atomic E-state index is -0.985. The van der Waals surface area contributed by atoms with Gasteiger partial charge >= 0.3 is 12.1 Å². The zero-order valence-electron chi connectivity index (χ0n) is 17.8. The van der Waals surface area contributed by atoms with Gasteiger partial charge in [-0.25, -0.2) is 9.59 Å². The summed E-state index contributed by atoms with van der Waals surface area (Å²) >= 11 is 0. The summed E-state index contributed by atoms with van der Waals surface area (Å²) in [6.45, 7) is 2.34. The third-order valence-electron chi connectivity index (χ3n) is 5.96. The maximum atomic E-state index is 12.6. The number of aliphatic carboxylic acids is 1. The third kappa shape index (κ3) is 4.84. The van der Waals surface area contributed by atoms with Crippen LogP contribution in [0.3, 0.4) is 0 Å². The zero-order chi connectivity index (χ0) is 21.5. The molecule has 5 nitrogen and oxygen atoms in total. The Kier molecular flexibility index (Phi) is 7.50. The number of unbranched alkanes of at least 4 members (excludes halogenated alkanes) is 4. The Morgan fingerprint density at radius 1 is 0.967 bits per heavy atom. The molecular formula is C25H31NO4. The van der Waals surface area contributed by atoms with Crippen molar-refractivity contribution in [3.05, 3.63) is 59.7 Å². The fraction of sp³-hybridized carbons (Fsp3) is 0.440.